The standard InChI is InChI=1S/C19H31N3O3/c1-7-15(4)25-17-10-13(2)8-9-16(17)12-22-19(20-5)21-11-14(3)18(23)24-6/h8-10,14-15H,7,11-12H2,1-6H3,(H2,20,21,22). The highest BCUT2D eigenvalue weighted by Crippen LogP contribution is 2.22. The van der Waals surface area contributed by atoms with E-state index in [1.807, 2.05) is 6.92 Å². The normalized spacial score (nSPS) is 13.8. The molecule has 0 bridgehead atoms. The third kappa shape index (κ3) is 7.03. The van der Waals surface area contributed by atoms with Gasteiger partial charge in [0, 0.05) is 25.7 Å². The summed E-state index contributed by atoms with van der Waals surface area (Å²) in [7, 11) is 3.09. The van der Waals surface area contributed by atoms with Gasteiger partial charge in [-0.1, -0.05) is 26.0 Å². The number of carbonyl (C=O) groups excluding carboxylic acids is 1. The van der Waals surface area contributed by atoms with Gasteiger partial charge in [0.15, 0.2) is 5.96 Å². The molecule has 0 radical (unpaired) electrons. The fourth-order valence-electron chi connectivity index (χ4n) is 2.15. The molecule has 0 amide bonds. The molecule has 140 valence electrons. The van der Waals surface area contributed by atoms with Gasteiger partial charge in [-0.15, -0.1) is 0 Å². The topological polar surface area (TPSA) is 72.0 Å². The van der Waals surface area contributed by atoms with E-state index in [1.165, 1.54) is 7.11 Å². The van der Waals surface area contributed by atoms with E-state index < -0.39 is 0 Å². The summed E-state index contributed by atoms with van der Waals surface area (Å²) in [5.41, 5.74) is 2.23. The van der Waals surface area contributed by atoms with Gasteiger partial charge in [-0.3, -0.25) is 9.79 Å². The number of carbonyl (C=O) groups is 1. The molecule has 25 heavy (non-hydrogen) atoms. The van der Waals surface area contributed by atoms with Crippen molar-refractivity contribution in [3.05, 3.63) is 29.3 Å². The van der Waals surface area contributed by atoms with Crippen LogP contribution in [0.3, 0.4) is 0 Å². The number of hydrogen-bond donors (Lipinski definition) is 2. The van der Waals surface area contributed by atoms with E-state index in [-0.39, 0.29) is 18.0 Å². The first-order chi connectivity index (χ1) is 11.9. The van der Waals surface area contributed by atoms with E-state index in [4.69, 9.17) is 9.47 Å². The van der Waals surface area contributed by atoms with Crippen LogP contribution in [0.1, 0.15) is 38.3 Å². The number of aliphatic imine (C=N–C) groups is 1. The van der Waals surface area contributed by atoms with Crippen LogP contribution in [0.2, 0.25) is 0 Å². The third-order valence-electron chi connectivity index (χ3n) is 3.97. The molecular weight excluding hydrogens is 318 g/mol. The summed E-state index contributed by atoms with van der Waals surface area (Å²) >= 11 is 0. The van der Waals surface area contributed by atoms with E-state index in [0.29, 0.717) is 19.0 Å². The molecule has 0 aliphatic heterocycles. The molecule has 0 aromatic heterocycles. The van der Waals surface area contributed by atoms with Gasteiger partial charge >= 0.3 is 5.97 Å². The van der Waals surface area contributed by atoms with Crippen LogP contribution in [-0.2, 0) is 16.1 Å². The van der Waals surface area contributed by atoms with E-state index >= 15 is 0 Å². The number of ether oxygens (including phenoxy) is 2. The van der Waals surface area contributed by atoms with Crippen molar-refractivity contribution in [2.24, 2.45) is 10.9 Å². The quantitative estimate of drug-likeness (QED) is 0.429. The Morgan fingerprint density at radius 1 is 1.28 bits per heavy atom. The fraction of sp³-hybridized carbons (Fsp3) is 0.579. The maximum absolute atomic E-state index is 11.5. The molecule has 0 saturated heterocycles. The second-order valence-corrected chi connectivity index (χ2v) is 6.18. The third-order valence-corrected chi connectivity index (χ3v) is 3.97. The average Bonchev–Trinajstić information content (AvgIpc) is 2.61. The molecule has 1 rings (SSSR count). The monoisotopic (exact) mass is 349 g/mol. The van der Waals surface area contributed by atoms with Gasteiger partial charge in [-0.05, 0) is 31.9 Å². The van der Waals surface area contributed by atoms with Crippen LogP contribution in [0, 0.1) is 12.8 Å². The van der Waals surface area contributed by atoms with Gasteiger partial charge in [0.1, 0.15) is 5.75 Å². The first-order valence-electron chi connectivity index (χ1n) is 8.69. The minimum atomic E-state index is -0.245. The lowest BCUT2D eigenvalue weighted by atomic mass is 10.1. The highest BCUT2D eigenvalue weighted by Gasteiger charge is 2.14. The number of esters is 1. The van der Waals surface area contributed by atoms with Crippen LogP contribution < -0.4 is 15.4 Å². The zero-order valence-electron chi connectivity index (χ0n) is 16.2. The van der Waals surface area contributed by atoms with Crippen LogP contribution in [0.25, 0.3) is 0 Å². The largest absolute Gasteiger partial charge is 0.490 e. The minimum Gasteiger partial charge on any atom is -0.490 e. The minimum absolute atomic E-state index is 0.166. The van der Waals surface area contributed by atoms with Crippen molar-refractivity contribution in [3.8, 4) is 5.75 Å². The number of benzene rings is 1. The molecule has 1 aromatic carbocycles. The van der Waals surface area contributed by atoms with Crippen LogP contribution in [0.4, 0.5) is 0 Å². The number of methoxy groups -OCH3 is 1. The number of aryl methyl sites for hydroxylation is 1. The molecule has 1 aromatic rings. The number of hydrogen-bond acceptors (Lipinski definition) is 4. The van der Waals surface area contributed by atoms with Crippen molar-refractivity contribution in [1.29, 1.82) is 0 Å². The van der Waals surface area contributed by atoms with Crippen molar-refractivity contribution in [3.63, 3.8) is 0 Å². The lowest BCUT2D eigenvalue weighted by molar-refractivity contribution is -0.144. The summed E-state index contributed by atoms with van der Waals surface area (Å²) in [6, 6.07) is 6.18. The number of guanidine groups is 1. The van der Waals surface area contributed by atoms with Gasteiger partial charge in [-0.2, -0.15) is 0 Å². The molecule has 2 atom stereocenters. The summed E-state index contributed by atoms with van der Waals surface area (Å²) in [5.74, 6) is 1.03. The number of rotatable bonds is 8. The molecule has 0 heterocycles. The first-order valence-corrected chi connectivity index (χ1v) is 8.69. The summed E-state index contributed by atoms with van der Waals surface area (Å²) in [5, 5.41) is 6.39. The molecule has 2 N–H and O–H groups in total. The van der Waals surface area contributed by atoms with Crippen LogP contribution >= 0.6 is 0 Å². The number of nitrogens with one attached hydrogen (secondary N) is 2. The molecule has 0 saturated carbocycles. The van der Waals surface area contributed by atoms with Crippen molar-refractivity contribution in [2.75, 3.05) is 20.7 Å². The lowest BCUT2D eigenvalue weighted by Crippen LogP contribution is -2.40. The Morgan fingerprint density at radius 2 is 2.00 bits per heavy atom. The van der Waals surface area contributed by atoms with Crippen LogP contribution in [-0.4, -0.2) is 38.7 Å². The first kappa shape index (κ1) is 20.8. The van der Waals surface area contributed by atoms with E-state index in [1.54, 1.807) is 7.05 Å². The predicted molar refractivity (Wildman–Crippen MR) is 101 cm³/mol. The van der Waals surface area contributed by atoms with Crippen LogP contribution in [0.5, 0.6) is 5.75 Å². The summed E-state index contributed by atoms with van der Waals surface area (Å²) in [6.45, 7) is 9.06. The number of nitrogens with zero attached hydrogens (tertiary/aromatic N) is 1. The Bertz CT molecular complexity index is 587. The molecule has 0 fully saturated rings. The van der Waals surface area contributed by atoms with Gasteiger partial charge in [0.25, 0.3) is 0 Å². The maximum Gasteiger partial charge on any atom is 0.310 e. The fourth-order valence-corrected chi connectivity index (χ4v) is 2.15. The van der Waals surface area contributed by atoms with Gasteiger partial charge in [0.2, 0.25) is 0 Å². The van der Waals surface area contributed by atoms with Crippen molar-refractivity contribution < 1.29 is 14.3 Å². The van der Waals surface area contributed by atoms with Crippen molar-refractivity contribution >= 4 is 11.9 Å². The van der Waals surface area contributed by atoms with Gasteiger partial charge < -0.3 is 20.1 Å². The Kier molecular flexibility index (Phi) is 8.81. The molecule has 2 unspecified atom stereocenters. The van der Waals surface area contributed by atoms with E-state index in [0.717, 1.165) is 23.3 Å². The predicted octanol–water partition coefficient (Wildman–Crippen LogP) is 2.65. The SMILES string of the molecule is CCC(C)Oc1cc(C)ccc1CNC(=NC)NCC(C)C(=O)OC. The van der Waals surface area contributed by atoms with Gasteiger partial charge in [-0.25, -0.2) is 0 Å². The Labute approximate surface area is 151 Å². The second kappa shape index (κ2) is 10.6. The molecular formula is C19H31N3O3. The molecule has 0 spiro atoms. The summed E-state index contributed by atoms with van der Waals surface area (Å²) in [4.78, 5) is 15.6. The maximum atomic E-state index is 11.5. The van der Waals surface area contributed by atoms with Crippen molar-refractivity contribution in [2.45, 2.75) is 46.8 Å². The molecule has 6 nitrogen and oxygen atoms in total. The second-order valence-electron chi connectivity index (χ2n) is 6.18. The zero-order chi connectivity index (χ0) is 18.8. The molecule has 6 heteroatoms. The summed E-state index contributed by atoms with van der Waals surface area (Å²) < 4.78 is 10.8. The molecule has 0 aliphatic carbocycles. The zero-order valence-corrected chi connectivity index (χ0v) is 16.2. The Hall–Kier alpha value is -2.24. The lowest BCUT2D eigenvalue weighted by Gasteiger charge is -2.19. The summed E-state index contributed by atoms with van der Waals surface area (Å²) in [6.07, 6.45) is 1.12. The Balaban J connectivity index is 2.67. The smallest absolute Gasteiger partial charge is 0.310 e. The van der Waals surface area contributed by atoms with Gasteiger partial charge in [0.05, 0.1) is 19.1 Å². The van der Waals surface area contributed by atoms with E-state index in [2.05, 4.69) is 54.6 Å². The van der Waals surface area contributed by atoms with Crippen LogP contribution in [0.15, 0.2) is 23.2 Å². The van der Waals surface area contributed by atoms with Crippen molar-refractivity contribution in [1.82, 2.24) is 10.6 Å². The highest BCUT2D eigenvalue weighted by molar-refractivity contribution is 5.80. The molecule has 0 aliphatic rings. The Morgan fingerprint density at radius 3 is 2.60 bits per heavy atom. The highest BCUT2D eigenvalue weighted by atomic mass is 16.5. The van der Waals surface area contributed by atoms with E-state index in [9.17, 15) is 4.79 Å². The average molecular weight is 349 g/mol.